The highest BCUT2D eigenvalue weighted by Crippen LogP contribution is 2.24. The summed E-state index contributed by atoms with van der Waals surface area (Å²) >= 11 is 0. The van der Waals surface area contributed by atoms with E-state index in [-0.39, 0.29) is 0 Å². The molecule has 1 heteroatoms. The quantitative estimate of drug-likeness (QED) is 0.783. The van der Waals surface area contributed by atoms with Crippen molar-refractivity contribution in [3.63, 3.8) is 0 Å². The fraction of sp³-hybridized carbons (Fsp3) is 0.400. The molecule has 0 bridgehead atoms. The minimum atomic E-state index is 0.302. The molecule has 0 aliphatic carbocycles. The van der Waals surface area contributed by atoms with Gasteiger partial charge in [-0.25, -0.2) is 0 Å². The SMILES string of the molecule is CCCc1ccc(C(CN)c2ccc(CCC)cc2)cc1. The molecule has 0 saturated carbocycles. The van der Waals surface area contributed by atoms with Gasteiger partial charge in [0.15, 0.2) is 0 Å². The van der Waals surface area contributed by atoms with Gasteiger partial charge >= 0.3 is 0 Å². The van der Waals surface area contributed by atoms with Crippen LogP contribution in [0.5, 0.6) is 0 Å². The number of hydrogen-bond acceptors (Lipinski definition) is 1. The van der Waals surface area contributed by atoms with Crippen molar-refractivity contribution in [2.45, 2.75) is 45.4 Å². The van der Waals surface area contributed by atoms with E-state index in [1.165, 1.54) is 35.1 Å². The summed E-state index contributed by atoms with van der Waals surface area (Å²) in [6.45, 7) is 5.09. The van der Waals surface area contributed by atoms with Crippen molar-refractivity contribution in [3.8, 4) is 0 Å². The molecule has 0 atom stereocenters. The maximum atomic E-state index is 6.03. The van der Waals surface area contributed by atoms with Gasteiger partial charge in [-0.3, -0.25) is 0 Å². The monoisotopic (exact) mass is 281 g/mol. The van der Waals surface area contributed by atoms with Crippen molar-refractivity contribution in [2.24, 2.45) is 5.73 Å². The predicted molar refractivity (Wildman–Crippen MR) is 91.8 cm³/mol. The average Bonchev–Trinajstić information content (AvgIpc) is 2.52. The highest BCUT2D eigenvalue weighted by Gasteiger charge is 2.12. The average molecular weight is 281 g/mol. The van der Waals surface area contributed by atoms with Crippen LogP contribution in [-0.4, -0.2) is 6.54 Å². The summed E-state index contributed by atoms with van der Waals surface area (Å²) in [4.78, 5) is 0. The van der Waals surface area contributed by atoms with E-state index < -0.39 is 0 Å². The Morgan fingerprint density at radius 1 is 0.714 bits per heavy atom. The van der Waals surface area contributed by atoms with Gasteiger partial charge in [0.05, 0.1) is 0 Å². The Morgan fingerprint density at radius 2 is 1.10 bits per heavy atom. The van der Waals surface area contributed by atoms with Crippen LogP contribution in [0.15, 0.2) is 48.5 Å². The zero-order chi connectivity index (χ0) is 15.1. The van der Waals surface area contributed by atoms with E-state index in [0.717, 1.165) is 12.8 Å². The molecular weight excluding hydrogens is 254 g/mol. The van der Waals surface area contributed by atoms with Gasteiger partial charge in [-0.15, -0.1) is 0 Å². The number of nitrogens with two attached hydrogens (primary N) is 1. The van der Waals surface area contributed by atoms with Gasteiger partial charge in [-0.05, 0) is 35.1 Å². The van der Waals surface area contributed by atoms with Gasteiger partial charge in [0, 0.05) is 12.5 Å². The van der Waals surface area contributed by atoms with E-state index in [1.807, 2.05) is 0 Å². The molecule has 1 nitrogen and oxygen atoms in total. The second-order valence-corrected chi connectivity index (χ2v) is 5.77. The van der Waals surface area contributed by atoms with Crippen LogP contribution in [0.25, 0.3) is 0 Å². The highest BCUT2D eigenvalue weighted by atomic mass is 14.5. The normalized spacial score (nSPS) is 11.0. The molecule has 21 heavy (non-hydrogen) atoms. The van der Waals surface area contributed by atoms with Gasteiger partial charge in [0.2, 0.25) is 0 Å². The van der Waals surface area contributed by atoms with Crippen LogP contribution < -0.4 is 5.73 Å². The lowest BCUT2D eigenvalue weighted by Gasteiger charge is -2.17. The lowest BCUT2D eigenvalue weighted by Crippen LogP contribution is -2.14. The van der Waals surface area contributed by atoms with Gasteiger partial charge in [-0.1, -0.05) is 75.2 Å². The zero-order valence-corrected chi connectivity index (χ0v) is 13.3. The Balaban J connectivity index is 2.18. The molecule has 2 aromatic carbocycles. The van der Waals surface area contributed by atoms with Crippen molar-refractivity contribution < 1.29 is 0 Å². The Kier molecular flexibility index (Phi) is 6.01. The summed E-state index contributed by atoms with van der Waals surface area (Å²) in [7, 11) is 0. The third-order valence-corrected chi connectivity index (χ3v) is 4.08. The fourth-order valence-corrected chi connectivity index (χ4v) is 2.88. The van der Waals surface area contributed by atoms with E-state index in [4.69, 9.17) is 5.73 Å². The van der Waals surface area contributed by atoms with E-state index in [1.54, 1.807) is 0 Å². The topological polar surface area (TPSA) is 26.0 Å². The minimum Gasteiger partial charge on any atom is -0.330 e. The summed E-state index contributed by atoms with van der Waals surface area (Å²) in [5.74, 6) is 0.302. The van der Waals surface area contributed by atoms with Crippen LogP contribution in [0, 0.1) is 0 Å². The lowest BCUT2D eigenvalue weighted by atomic mass is 9.90. The molecule has 2 rings (SSSR count). The number of aryl methyl sites for hydroxylation is 2. The van der Waals surface area contributed by atoms with Crippen LogP contribution >= 0.6 is 0 Å². The van der Waals surface area contributed by atoms with Crippen LogP contribution in [-0.2, 0) is 12.8 Å². The van der Waals surface area contributed by atoms with Gasteiger partial charge in [-0.2, -0.15) is 0 Å². The van der Waals surface area contributed by atoms with Crippen molar-refractivity contribution in [1.29, 1.82) is 0 Å². The molecule has 0 aliphatic heterocycles. The van der Waals surface area contributed by atoms with Crippen LogP contribution in [0.3, 0.4) is 0 Å². The molecule has 0 radical (unpaired) electrons. The molecule has 0 fully saturated rings. The molecule has 0 aromatic heterocycles. The second-order valence-electron chi connectivity index (χ2n) is 5.77. The third kappa shape index (κ3) is 4.18. The summed E-state index contributed by atoms with van der Waals surface area (Å²) in [6.07, 6.45) is 4.69. The summed E-state index contributed by atoms with van der Waals surface area (Å²) < 4.78 is 0. The van der Waals surface area contributed by atoms with E-state index in [9.17, 15) is 0 Å². The lowest BCUT2D eigenvalue weighted by molar-refractivity contribution is 0.814. The van der Waals surface area contributed by atoms with Crippen molar-refractivity contribution in [3.05, 3.63) is 70.8 Å². The summed E-state index contributed by atoms with van der Waals surface area (Å²) in [6, 6.07) is 17.9. The van der Waals surface area contributed by atoms with Gasteiger partial charge < -0.3 is 5.73 Å². The van der Waals surface area contributed by atoms with Crippen LogP contribution in [0.4, 0.5) is 0 Å². The minimum absolute atomic E-state index is 0.302. The zero-order valence-electron chi connectivity index (χ0n) is 13.3. The standard InChI is InChI=1S/C20H27N/c1-3-5-16-7-11-18(12-8-16)20(15-21)19-13-9-17(6-4-2)10-14-19/h7-14,20H,3-6,15,21H2,1-2H3. The van der Waals surface area contributed by atoms with Crippen molar-refractivity contribution >= 4 is 0 Å². The Labute approximate surface area is 129 Å². The first-order valence-corrected chi connectivity index (χ1v) is 8.16. The van der Waals surface area contributed by atoms with Crippen molar-refractivity contribution in [1.82, 2.24) is 0 Å². The second kappa shape index (κ2) is 7.99. The number of benzene rings is 2. The van der Waals surface area contributed by atoms with E-state index in [0.29, 0.717) is 12.5 Å². The molecular formula is C20H27N. The molecule has 0 unspecified atom stereocenters. The Hall–Kier alpha value is -1.60. The fourth-order valence-electron chi connectivity index (χ4n) is 2.88. The smallest absolute Gasteiger partial charge is 0.0212 e. The molecule has 0 amide bonds. The van der Waals surface area contributed by atoms with Crippen molar-refractivity contribution in [2.75, 3.05) is 6.54 Å². The van der Waals surface area contributed by atoms with E-state index >= 15 is 0 Å². The molecule has 112 valence electrons. The summed E-state index contributed by atoms with van der Waals surface area (Å²) in [5.41, 5.74) is 11.5. The molecule has 0 aliphatic rings. The predicted octanol–water partition coefficient (Wildman–Crippen LogP) is 4.68. The van der Waals surface area contributed by atoms with E-state index in [2.05, 4.69) is 62.4 Å². The van der Waals surface area contributed by atoms with Gasteiger partial charge in [0.25, 0.3) is 0 Å². The number of hydrogen-bond donors (Lipinski definition) is 1. The molecule has 0 heterocycles. The van der Waals surface area contributed by atoms with Crippen LogP contribution in [0.1, 0.15) is 54.9 Å². The maximum absolute atomic E-state index is 6.03. The third-order valence-electron chi connectivity index (χ3n) is 4.08. The molecule has 0 saturated heterocycles. The summed E-state index contributed by atoms with van der Waals surface area (Å²) in [5, 5.41) is 0. The number of rotatable bonds is 7. The highest BCUT2D eigenvalue weighted by molar-refractivity contribution is 5.36. The van der Waals surface area contributed by atoms with Crippen LogP contribution in [0.2, 0.25) is 0 Å². The van der Waals surface area contributed by atoms with Gasteiger partial charge in [0.1, 0.15) is 0 Å². The Morgan fingerprint density at radius 3 is 1.38 bits per heavy atom. The first kappa shape index (κ1) is 15.8. The molecule has 0 spiro atoms. The largest absolute Gasteiger partial charge is 0.330 e. The first-order valence-electron chi connectivity index (χ1n) is 8.16. The first-order chi connectivity index (χ1) is 10.3. The maximum Gasteiger partial charge on any atom is 0.0212 e. The molecule has 2 aromatic rings. The molecule has 2 N–H and O–H groups in total. The Bertz CT molecular complexity index is 475.